The molecule has 19 heavy (non-hydrogen) atoms. The van der Waals surface area contributed by atoms with Crippen LogP contribution in [-0.2, 0) is 0 Å². The molecule has 7 heteroatoms. The minimum absolute atomic E-state index is 0.208. The second kappa shape index (κ2) is 5.77. The molecule has 1 aromatic heterocycles. The summed E-state index contributed by atoms with van der Waals surface area (Å²) in [6, 6.07) is 5.35. The van der Waals surface area contributed by atoms with Crippen LogP contribution in [0.25, 0.3) is 0 Å². The summed E-state index contributed by atoms with van der Waals surface area (Å²) in [5.41, 5.74) is 9.22. The first kappa shape index (κ1) is 14.1. The number of rotatable bonds is 3. The highest BCUT2D eigenvalue weighted by Crippen LogP contribution is 2.23. The number of carbonyl (C=O) groups excluding carboxylic acids is 1. The van der Waals surface area contributed by atoms with Crippen LogP contribution in [0.1, 0.15) is 20.9 Å². The van der Waals surface area contributed by atoms with E-state index in [0.29, 0.717) is 21.8 Å². The zero-order chi connectivity index (χ0) is 14.0. The topological polar surface area (TPSA) is 68.0 Å². The largest absolute Gasteiger partial charge is 0.389 e. The van der Waals surface area contributed by atoms with Crippen LogP contribution in [0, 0.1) is 6.92 Å². The number of nitrogens with two attached hydrogens (primary N) is 1. The van der Waals surface area contributed by atoms with Crippen molar-refractivity contribution < 1.29 is 4.79 Å². The van der Waals surface area contributed by atoms with Gasteiger partial charge in [0.15, 0.2) is 0 Å². The molecule has 0 unspecified atom stereocenters. The number of thiazole rings is 1. The fourth-order valence-electron chi connectivity index (χ4n) is 1.53. The summed E-state index contributed by atoms with van der Waals surface area (Å²) in [5, 5.41) is 2.81. The number of hydrogen-bond donors (Lipinski definition) is 2. The van der Waals surface area contributed by atoms with E-state index in [1.807, 2.05) is 6.07 Å². The molecular weight excluding hydrogens is 346 g/mol. The van der Waals surface area contributed by atoms with E-state index in [9.17, 15) is 4.79 Å². The molecule has 2 rings (SSSR count). The molecule has 0 bridgehead atoms. The van der Waals surface area contributed by atoms with Crippen molar-refractivity contribution in [1.29, 1.82) is 0 Å². The SMILES string of the molecule is Cc1ncsc1C(=O)Nc1ccc(Br)cc1C(N)=S. The van der Waals surface area contributed by atoms with Crippen LogP contribution in [0.4, 0.5) is 5.69 Å². The van der Waals surface area contributed by atoms with Crippen LogP contribution in [0.2, 0.25) is 0 Å². The van der Waals surface area contributed by atoms with E-state index >= 15 is 0 Å². The van der Waals surface area contributed by atoms with Gasteiger partial charge in [-0.25, -0.2) is 4.98 Å². The number of hydrogen-bond acceptors (Lipinski definition) is 4. The lowest BCUT2D eigenvalue weighted by atomic mass is 10.1. The number of aromatic nitrogens is 1. The molecule has 1 heterocycles. The predicted molar refractivity (Wildman–Crippen MR) is 84.8 cm³/mol. The van der Waals surface area contributed by atoms with Crippen LogP contribution < -0.4 is 11.1 Å². The first-order valence-corrected chi connectivity index (χ1v) is 7.38. The minimum Gasteiger partial charge on any atom is -0.389 e. The fourth-order valence-corrected chi connectivity index (χ4v) is 2.76. The van der Waals surface area contributed by atoms with Crippen molar-refractivity contribution in [2.75, 3.05) is 5.32 Å². The lowest BCUT2D eigenvalue weighted by molar-refractivity contribution is 0.103. The highest BCUT2D eigenvalue weighted by molar-refractivity contribution is 9.10. The number of benzene rings is 1. The molecule has 0 fully saturated rings. The van der Waals surface area contributed by atoms with Gasteiger partial charge in [-0.3, -0.25) is 4.79 Å². The monoisotopic (exact) mass is 355 g/mol. The third kappa shape index (κ3) is 3.17. The van der Waals surface area contributed by atoms with Gasteiger partial charge in [0.2, 0.25) is 0 Å². The van der Waals surface area contributed by atoms with Crippen LogP contribution in [0.3, 0.4) is 0 Å². The summed E-state index contributed by atoms with van der Waals surface area (Å²) in [4.78, 5) is 17.0. The van der Waals surface area contributed by atoms with Crippen molar-refractivity contribution in [3.05, 3.63) is 44.3 Å². The van der Waals surface area contributed by atoms with E-state index < -0.39 is 0 Å². The minimum atomic E-state index is -0.208. The number of nitrogens with zero attached hydrogens (tertiary/aromatic N) is 1. The number of thiocarbonyl (C=S) groups is 1. The number of halogens is 1. The highest BCUT2D eigenvalue weighted by atomic mass is 79.9. The third-order valence-electron chi connectivity index (χ3n) is 2.45. The molecule has 0 saturated carbocycles. The predicted octanol–water partition coefficient (Wildman–Crippen LogP) is 3.10. The lowest BCUT2D eigenvalue weighted by Gasteiger charge is -2.10. The Hall–Kier alpha value is -1.31. The normalized spacial score (nSPS) is 10.2. The van der Waals surface area contributed by atoms with E-state index in [0.717, 1.165) is 4.47 Å². The maximum Gasteiger partial charge on any atom is 0.267 e. The zero-order valence-electron chi connectivity index (χ0n) is 9.94. The Morgan fingerprint density at radius 1 is 1.53 bits per heavy atom. The summed E-state index contributed by atoms with van der Waals surface area (Å²) < 4.78 is 0.849. The Balaban J connectivity index is 2.32. The molecule has 0 aliphatic carbocycles. The Kier molecular flexibility index (Phi) is 4.28. The van der Waals surface area contributed by atoms with Crippen LogP contribution in [0.5, 0.6) is 0 Å². The van der Waals surface area contributed by atoms with E-state index in [4.69, 9.17) is 18.0 Å². The van der Waals surface area contributed by atoms with Gasteiger partial charge in [-0.1, -0.05) is 28.1 Å². The number of amides is 1. The molecule has 0 spiro atoms. The average Bonchev–Trinajstić information content (AvgIpc) is 2.77. The first-order chi connectivity index (χ1) is 8.99. The number of carbonyl (C=O) groups is 1. The van der Waals surface area contributed by atoms with E-state index in [1.165, 1.54) is 11.3 Å². The van der Waals surface area contributed by atoms with Crippen molar-refractivity contribution in [1.82, 2.24) is 4.98 Å². The molecule has 0 saturated heterocycles. The number of anilines is 1. The smallest absolute Gasteiger partial charge is 0.267 e. The van der Waals surface area contributed by atoms with Crippen LogP contribution >= 0.6 is 39.5 Å². The van der Waals surface area contributed by atoms with Crippen molar-refractivity contribution in [3.63, 3.8) is 0 Å². The number of aryl methyl sites for hydroxylation is 1. The molecule has 4 nitrogen and oxygen atoms in total. The first-order valence-electron chi connectivity index (χ1n) is 5.30. The Bertz CT molecular complexity index is 654. The molecule has 1 aromatic carbocycles. The van der Waals surface area contributed by atoms with Gasteiger partial charge in [0.05, 0.1) is 16.9 Å². The summed E-state index contributed by atoms with van der Waals surface area (Å²) in [5.74, 6) is -0.208. The third-order valence-corrected chi connectivity index (χ3v) is 4.09. The molecule has 0 radical (unpaired) electrons. The Morgan fingerprint density at radius 2 is 2.26 bits per heavy atom. The van der Waals surface area contributed by atoms with Crippen molar-refractivity contribution in [2.45, 2.75) is 6.92 Å². The van der Waals surface area contributed by atoms with Gasteiger partial charge in [-0.05, 0) is 25.1 Å². The van der Waals surface area contributed by atoms with Crippen molar-refractivity contribution in [3.8, 4) is 0 Å². The fraction of sp³-hybridized carbons (Fsp3) is 0.0833. The lowest BCUT2D eigenvalue weighted by Crippen LogP contribution is -2.17. The van der Waals surface area contributed by atoms with E-state index in [2.05, 4.69) is 26.2 Å². The standard InChI is InChI=1S/C12H10BrN3OS2/c1-6-10(19-5-15-6)12(17)16-9-3-2-7(13)4-8(9)11(14)18/h2-5H,1H3,(H2,14,18)(H,16,17). The van der Waals surface area contributed by atoms with E-state index in [-0.39, 0.29) is 10.9 Å². The summed E-state index contributed by atoms with van der Waals surface area (Å²) in [6.07, 6.45) is 0. The molecule has 2 aromatic rings. The van der Waals surface area contributed by atoms with E-state index in [1.54, 1.807) is 24.6 Å². The van der Waals surface area contributed by atoms with Gasteiger partial charge < -0.3 is 11.1 Å². The highest BCUT2D eigenvalue weighted by Gasteiger charge is 2.14. The van der Waals surface area contributed by atoms with Gasteiger partial charge in [0, 0.05) is 10.0 Å². The number of nitrogens with one attached hydrogen (secondary N) is 1. The molecule has 0 aliphatic rings. The van der Waals surface area contributed by atoms with Crippen molar-refractivity contribution in [2.24, 2.45) is 5.73 Å². The zero-order valence-corrected chi connectivity index (χ0v) is 13.2. The van der Waals surface area contributed by atoms with Crippen LogP contribution in [-0.4, -0.2) is 15.9 Å². The summed E-state index contributed by atoms with van der Waals surface area (Å²) >= 11 is 9.63. The Labute approximate surface area is 128 Å². The van der Waals surface area contributed by atoms with Gasteiger partial charge >= 0.3 is 0 Å². The molecule has 3 N–H and O–H groups in total. The summed E-state index contributed by atoms with van der Waals surface area (Å²) in [7, 11) is 0. The summed E-state index contributed by atoms with van der Waals surface area (Å²) in [6.45, 7) is 1.79. The maximum atomic E-state index is 12.1. The maximum absolute atomic E-state index is 12.1. The molecule has 1 amide bonds. The molecule has 0 aliphatic heterocycles. The Morgan fingerprint density at radius 3 is 2.84 bits per heavy atom. The van der Waals surface area contributed by atoms with Gasteiger partial charge in [0.25, 0.3) is 5.91 Å². The average molecular weight is 356 g/mol. The van der Waals surface area contributed by atoms with Crippen LogP contribution in [0.15, 0.2) is 28.2 Å². The van der Waals surface area contributed by atoms with Gasteiger partial charge in [-0.2, -0.15) is 0 Å². The molecular formula is C12H10BrN3OS2. The van der Waals surface area contributed by atoms with Gasteiger partial charge in [0.1, 0.15) is 9.87 Å². The molecule has 98 valence electrons. The van der Waals surface area contributed by atoms with Gasteiger partial charge in [-0.15, -0.1) is 11.3 Å². The second-order valence-corrected chi connectivity index (χ2v) is 5.99. The van der Waals surface area contributed by atoms with Crippen molar-refractivity contribution >= 4 is 56.1 Å². The quantitative estimate of drug-likeness (QED) is 0.830. The second-order valence-electron chi connectivity index (χ2n) is 3.78. The molecule has 0 atom stereocenters.